The molecule has 1 unspecified atom stereocenters. The highest BCUT2D eigenvalue weighted by Crippen LogP contribution is 2.39. The number of aromatic carboxylic acids is 1. The van der Waals surface area contributed by atoms with Gasteiger partial charge in [0, 0.05) is 10.4 Å². The molecule has 3 heterocycles. The predicted octanol–water partition coefficient (Wildman–Crippen LogP) is 3.83. The van der Waals surface area contributed by atoms with Crippen molar-refractivity contribution in [2.75, 3.05) is 0 Å². The third kappa shape index (κ3) is 2.24. The molecule has 130 valence electrons. The van der Waals surface area contributed by atoms with Crippen molar-refractivity contribution in [2.24, 2.45) is 5.92 Å². The fourth-order valence-electron chi connectivity index (χ4n) is 3.73. The summed E-state index contributed by atoms with van der Waals surface area (Å²) in [4.78, 5) is 23.2. The van der Waals surface area contributed by atoms with E-state index in [-0.39, 0.29) is 5.56 Å². The van der Waals surface area contributed by atoms with Gasteiger partial charge in [-0.2, -0.15) is 0 Å². The van der Waals surface area contributed by atoms with E-state index in [0.717, 1.165) is 28.7 Å². The number of hydrogen-bond donors (Lipinski definition) is 1. The number of thiophene rings is 1. The minimum atomic E-state index is -0.982. The van der Waals surface area contributed by atoms with Gasteiger partial charge >= 0.3 is 5.97 Å². The van der Waals surface area contributed by atoms with Gasteiger partial charge in [0.05, 0.1) is 10.9 Å². The van der Waals surface area contributed by atoms with Crippen LogP contribution in [0.25, 0.3) is 27.3 Å². The van der Waals surface area contributed by atoms with Gasteiger partial charge in [-0.25, -0.2) is 19.3 Å². The number of carboxylic acids is 1. The Morgan fingerprint density at radius 1 is 1.35 bits per heavy atom. The molecule has 0 spiro atoms. The average Bonchev–Trinajstić information content (AvgIpc) is 3.22. The van der Waals surface area contributed by atoms with Crippen LogP contribution in [0.5, 0.6) is 0 Å². The van der Waals surface area contributed by atoms with Crippen LogP contribution in [0.2, 0.25) is 0 Å². The Morgan fingerprint density at radius 2 is 2.19 bits per heavy atom. The van der Waals surface area contributed by atoms with Gasteiger partial charge in [-0.05, 0) is 36.8 Å². The lowest BCUT2D eigenvalue weighted by Crippen LogP contribution is -2.09. The molecular formula is C19H16N4O2S. The van der Waals surface area contributed by atoms with Crippen LogP contribution in [0.4, 0.5) is 0 Å². The summed E-state index contributed by atoms with van der Waals surface area (Å²) in [5, 5.41) is 15.0. The van der Waals surface area contributed by atoms with E-state index in [2.05, 4.69) is 17.0 Å². The Hall–Kier alpha value is -2.80. The molecule has 4 aromatic rings. The van der Waals surface area contributed by atoms with E-state index in [1.54, 1.807) is 46.4 Å². The van der Waals surface area contributed by atoms with E-state index in [1.807, 2.05) is 0 Å². The van der Waals surface area contributed by atoms with Crippen molar-refractivity contribution in [1.82, 2.24) is 19.6 Å². The topological polar surface area (TPSA) is 80.4 Å². The lowest BCUT2D eigenvalue weighted by atomic mass is 9.89. The summed E-state index contributed by atoms with van der Waals surface area (Å²) in [5.74, 6) is 0.0845. The predicted molar refractivity (Wildman–Crippen MR) is 99.7 cm³/mol. The second kappa shape index (κ2) is 5.60. The fourth-order valence-corrected chi connectivity index (χ4v) is 4.90. The van der Waals surface area contributed by atoms with Gasteiger partial charge in [-0.15, -0.1) is 16.4 Å². The first kappa shape index (κ1) is 15.5. The van der Waals surface area contributed by atoms with E-state index >= 15 is 0 Å². The molecule has 0 fully saturated rings. The SMILES string of the molecule is CC1CCc2sc3ncn4nc(-c5ccccc5C(=O)O)nc4c3c2C1. The summed E-state index contributed by atoms with van der Waals surface area (Å²) in [6, 6.07) is 6.83. The maximum absolute atomic E-state index is 11.5. The Labute approximate surface area is 153 Å². The molecule has 0 saturated heterocycles. The molecule has 0 aliphatic heterocycles. The van der Waals surface area contributed by atoms with Crippen LogP contribution in [0, 0.1) is 5.92 Å². The number of aryl methyl sites for hydroxylation is 1. The molecule has 6 nitrogen and oxygen atoms in total. The highest BCUT2D eigenvalue weighted by molar-refractivity contribution is 7.19. The number of rotatable bonds is 2. The van der Waals surface area contributed by atoms with E-state index < -0.39 is 5.97 Å². The number of carboxylic acid groups (broad SMARTS) is 1. The molecule has 1 aliphatic rings. The van der Waals surface area contributed by atoms with Crippen molar-refractivity contribution >= 4 is 33.2 Å². The van der Waals surface area contributed by atoms with Crippen molar-refractivity contribution in [3.8, 4) is 11.4 Å². The molecule has 1 aliphatic carbocycles. The van der Waals surface area contributed by atoms with Crippen LogP contribution >= 0.6 is 11.3 Å². The van der Waals surface area contributed by atoms with Crippen molar-refractivity contribution in [3.05, 3.63) is 46.6 Å². The van der Waals surface area contributed by atoms with Crippen LogP contribution < -0.4 is 0 Å². The first-order chi connectivity index (χ1) is 12.6. The number of aromatic nitrogens is 4. The van der Waals surface area contributed by atoms with Crippen LogP contribution in [0.3, 0.4) is 0 Å². The zero-order chi connectivity index (χ0) is 17.8. The third-order valence-corrected chi connectivity index (χ3v) is 6.23. The maximum atomic E-state index is 11.5. The normalized spacial score (nSPS) is 16.9. The Balaban J connectivity index is 1.77. The van der Waals surface area contributed by atoms with Crippen molar-refractivity contribution in [2.45, 2.75) is 26.2 Å². The van der Waals surface area contributed by atoms with Crippen LogP contribution in [-0.2, 0) is 12.8 Å². The zero-order valence-electron chi connectivity index (χ0n) is 14.1. The maximum Gasteiger partial charge on any atom is 0.336 e. The second-order valence-corrected chi connectivity index (χ2v) is 7.91. The molecule has 1 N–H and O–H groups in total. The van der Waals surface area contributed by atoms with Crippen LogP contribution in [-0.4, -0.2) is 30.7 Å². The standard InChI is InChI=1S/C19H16N4O2S/c1-10-6-7-14-13(8-10)15-17-21-16(22-23(17)9-20-18(15)26-14)11-4-2-3-5-12(11)19(24)25/h2-5,9-10H,6-8H2,1H3,(H,24,25). The van der Waals surface area contributed by atoms with E-state index in [4.69, 9.17) is 4.98 Å². The lowest BCUT2D eigenvalue weighted by Gasteiger charge is -2.17. The summed E-state index contributed by atoms with van der Waals surface area (Å²) in [7, 11) is 0. The summed E-state index contributed by atoms with van der Waals surface area (Å²) in [5.41, 5.74) is 2.83. The van der Waals surface area contributed by atoms with Gasteiger partial charge in [0.15, 0.2) is 11.5 Å². The number of nitrogens with zero attached hydrogens (tertiary/aromatic N) is 4. The molecule has 7 heteroatoms. The van der Waals surface area contributed by atoms with Crippen LogP contribution in [0.15, 0.2) is 30.6 Å². The minimum Gasteiger partial charge on any atom is -0.478 e. The van der Waals surface area contributed by atoms with E-state index in [0.29, 0.717) is 17.3 Å². The van der Waals surface area contributed by atoms with Gasteiger partial charge in [0.1, 0.15) is 11.2 Å². The first-order valence-electron chi connectivity index (χ1n) is 8.60. The van der Waals surface area contributed by atoms with Crippen molar-refractivity contribution in [3.63, 3.8) is 0 Å². The number of hydrogen-bond acceptors (Lipinski definition) is 5. The Morgan fingerprint density at radius 3 is 3.04 bits per heavy atom. The largest absolute Gasteiger partial charge is 0.478 e. The molecule has 1 aromatic carbocycles. The quantitative estimate of drug-likeness (QED) is 0.585. The number of benzene rings is 1. The van der Waals surface area contributed by atoms with Crippen molar-refractivity contribution in [1.29, 1.82) is 0 Å². The first-order valence-corrected chi connectivity index (χ1v) is 9.42. The summed E-state index contributed by atoms with van der Waals surface area (Å²) in [6.45, 7) is 2.28. The molecule has 0 saturated carbocycles. The van der Waals surface area contributed by atoms with Gasteiger partial charge in [0.2, 0.25) is 0 Å². The van der Waals surface area contributed by atoms with Crippen LogP contribution in [0.1, 0.15) is 34.1 Å². The van der Waals surface area contributed by atoms with Gasteiger partial charge in [-0.1, -0.05) is 25.1 Å². The average molecular weight is 364 g/mol. The second-order valence-electron chi connectivity index (χ2n) is 6.83. The van der Waals surface area contributed by atoms with Gasteiger partial charge in [-0.3, -0.25) is 0 Å². The molecular weight excluding hydrogens is 348 g/mol. The third-order valence-electron chi connectivity index (χ3n) is 5.03. The smallest absolute Gasteiger partial charge is 0.336 e. The molecule has 5 rings (SSSR count). The molecule has 26 heavy (non-hydrogen) atoms. The highest BCUT2D eigenvalue weighted by atomic mass is 32.1. The van der Waals surface area contributed by atoms with Crippen molar-refractivity contribution < 1.29 is 9.90 Å². The minimum absolute atomic E-state index is 0.202. The molecule has 0 bridgehead atoms. The zero-order valence-corrected chi connectivity index (χ0v) is 15.0. The lowest BCUT2D eigenvalue weighted by molar-refractivity contribution is 0.0697. The van der Waals surface area contributed by atoms with Gasteiger partial charge in [0.25, 0.3) is 0 Å². The van der Waals surface area contributed by atoms with E-state index in [1.165, 1.54) is 16.9 Å². The molecule has 0 amide bonds. The Kier molecular flexibility index (Phi) is 3.33. The highest BCUT2D eigenvalue weighted by Gasteiger charge is 2.24. The molecule has 0 radical (unpaired) electrons. The number of fused-ring (bicyclic) bond motifs is 5. The molecule has 3 aromatic heterocycles. The molecule has 1 atom stereocenters. The Bertz CT molecular complexity index is 1180. The monoisotopic (exact) mass is 364 g/mol. The summed E-state index contributed by atoms with van der Waals surface area (Å²) >= 11 is 1.74. The summed E-state index contributed by atoms with van der Waals surface area (Å²) < 4.78 is 1.67. The summed E-state index contributed by atoms with van der Waals surface area (Å²) in [6.07, 6.45) is 5.00. The van der Waals surface area contributed by atoms with E-state index in [9.17, 15) is 9.90 Å². The number of carbonyl (C=O) groups is 1. The fraction of sp³-hybridized carbons (Fsp3) is 0.263. The van der Waals surface area contributed by atoms with Gasteiger partial charge < -0.3 is 5.11 Å².